The number of hydrogen-bond donors (Lipinski definition) is 0. The third kappa shape index (κ3) is 3.98. The maximum absolute atomic E-state index is 13.0. The van der Waals surface area contributed by atoms with E-state index in [1.807, 2.05) is 20.8 Å². The SMILES string of the molecule is CCC(C)(CC(=O)OC1C2CC3CC(C2)CC1C3)C(=O)OC1(C)CCCCC1. The number of hydrogen-bond acceptors (Lipinski definition) is 4. The Morgan fingerprint density at radius 1 is 0.964 bits per heavy atom. The van der Waals surface area contributed by atoms with Crippen LogP contribution in [0.5, 0.6) is 0 Å². The Morgan fingerprint density at radius 3 is 2.07 bits per heavy atom. The van der Waals surface area contributed by atoms with E-state index in [4.69, 9.17) is 9.47 Å². The van der Waals surface area contributed by atoms with E-state index in [-0.39, 0.29) is 30.1 Å². The Hall–Kier alpha value is -1.06. The van der Waals surface area contributed by atoms with Crippen LogP contribution in [-0.2, 0) is 19.1 Å². The van der Waals surface area contributed by atoms with Gasteiger partial charge < -0.3 is 9.47 Å². The van der Waals surface area contributed by atoms with Gasteiger partial charge in [-0.2, -0.15) is 0 Å². The molecule has 0 amide bonds. The van der Waals surface area contributed by atoms with Crippen molar-refractivity contribution in [2.75, 3.05) is 0 Å². The molecule has 4 bridgehead atoms. The number of ether oxygens (including phenoxy) is 2. The number of esters is 2. The van der Waals surface area contributed by atoms with Gasteiger partial charge in [0, 0.05) is 0 Å². The first-order valence-corrected chi connectivity index (χ1v) is 11.7. The molecular weight excluding hydrogens is 352 g/mol. The minimum absolute atomic E-state index is 0.0910. The highest BCUT2D eigenvalue weighted by atomic mass is 16.6. The predicted molar refractivity (Wildman–Crippen MR) is 108 cm³/mol. The average Bonchev–Trinajstić information content (AvgIpc) is 2.64. The van der Waals surface area contributed by atoms with Crippen LogP contribution in [0.2, 0.25) is 0 Å². The minimum atomic E-state index is -0.788. The molecule has 158 valence electrons. The highest BCUT2D eigenvalue weighted by Gasteiger charge is 2.50. The second-order valence-electron chi connectivity index (χ2n) is 10.9. The Kier molecular flexibility index (Phi) is 5.52. The molecule has 0 aliphatic heterocycles. The van der Waals surface area contributed by atoms with Crippen molar-refractivity contribution in [1.29, 1.82) is 0 Å². The van der Waals surface area contributed by atoms with Crippen molar-refractivity contribution in [3.05, 3.63) is 0 Å². The van der Waals surface area contributed by atoms with Gasteiger partial charge in [0.25, 0.3) is 0 Å². The van der Waals surface area contributed by atoms with Crippen LogP contribution in [0.1, 0.15) is 97.8 Å². The Labute approximate surface area is 170 Å². The lowest BCUT2D eigenvalue weighted by molar-refractivity contribution is -0.183. The third-order valence-corrected chi connectivity index (χ3v) is 8.47. The summed E-state index contributed by atoms with van der Waals surface area (Å²) >= 11 is 0. The zero-order chi connectivity index (χ0) is 19.9. The van der Waals surface area contributed by atoms with Gasteiger partial charge in [0.1, 0.15) is 11.7 Å². The van der Waals surface area contributed by atoms with Crippen molar-refractivity contribution in [2.45, 2.75) is 110 Å². The minimum Gasteiger partial charge on any atom is -0.462 e. The summed E-state index contributed by atoms with van der Waals surface area (Å²) in [5.41, 5.74) is -1.15. The average molecular weight is 391 g/mol. The van der Waals surface area contributed by atoms with Gasteiger partial charge in [0.15, 0.2) is 0 Å². The molecule has 0 heterocycles. The van der Waals surface area contributed by atoms with E-state index >= 15 is 0 Å². The molecule has 0 saturated heterocycles. The lowest BCUT2D eigenvalue weighted by Crippen LogP contribution is -2.50. The van der Waals surface area contributed by atoms with Gasteiger partial charge in [-0.15, -0.1) is 0 Å². The quantitative estimate of drug-likeness (QED) is 0.568. The van der Waals surface area contributed by atoms with E-state index in [0.29, 0.717) is 18.3 Å². The lowest BCUT2D eigenvalue weighted by atomic mass is 9.55. The topological polar surface area (TPSA) is 52.6 Å². The van der Waals surface area contributed by atoms with Gasteiger partial charge in [-0.3, -0.25) is 9.59 Å². The summed E-state index contributed by atoms with van der Waals surface area (Å²) in [5.74, 6) is 2.42. The van der Waals surface area contributed by atoms with Crippen molar-refractivity contribution in [3.8, 4) is 0 Å². The van der Waals surface area contributed by atoms with Gasteiger partial charge in [-0.25, -0.2) is 0 Å². The van der Waals surface area contributed by atoms with Crippen molar-refractivity contribution >= 4 is 11.9 Å². The summed E-state index contributed by atoms with van der Waals surface area (Å²) in [6, 6.07) is 0. The molecule has 5 rings (SSSR count). The van der Waals surface area contributed by atoms with Gasteiger partial charge in [0.05, 0.1) is 11.8 Å². The van der Waals surface area contributed by atoms with Crippen molar-refractivity contribution in [2.24, 2.45) is 29.1 Å². The summed E-state index contributed by atoms with van der Waals surface area (Å²) in [6.07, 6.45) is 12.4. The van der Waals surface area contributed by atoms with Gasteiger partial charge in [0.2, 0.25) is 0 Å². The summed E-state index contributed by atoms with van der Waals surface area (Å²) in [5, 5.41) is 0. The summed E-state index contributed by atoms with van der Waals surface area (Å²) in [6.45, 7) is 5.90. The molecule has 0 N–H and O–H groups in total. The molecule has 5 fully saturated rings. The number of carbonyl (C=O) groups is 2. The van der Waals surface area contributed by atoms with Crippen molar-refractivity contribution in [3.63, 3.8) is 0 Å². The Balaban J connectivity index is 1.35. The normalized spacial score (nSPS) is 37.9. The highest BCUT2D eigenvalue weighted by Crippen LogP contribution is 2.54. The maximum Gasteiger partial charge on any atom is 0.312 e. The fourth-order valence-electron chi connectivity index (χ4n) is 6.67. The van der Waals surface area contributed by atoms with Crippen LogP contribution in [0.15, 0.2) is 0 Å². The van der Waals surface area contributed by atoms with E-state index in [0.717, 1.165) is 37.5 Å². The smallest absolute Gasteiger partial charge is 0.312 e. The summed E-state index contributed by atoms with van der Waals surface area (Å²) < 4.78 is 12.0. The molecule has 0 aromatic rings. The van der Waals surface area contributed by atoms with E-state index in [9.17, 15) is 9.59 Å². The van der Waals surface area contributed by atoms with Crippen LogP contribution < -0.4 is 0 Å². The Bertz CT molecular complexity index is 578. The van der Waals surface area contributed by atoms with Crippen LogP contribution >= 0.6 is 0 Å². The van der Waals surface area contributed by atoms with E-state index in [1.165, 1.54) is 38.5 Å². The first-order valence-electron chi connectivity index (χ1n) is 11.7. The largest absolute Gasteiger partial charge is 0.462 e. The molecule has 28 heavy (non-hydrogen) atoms. The molecule has 4 nitrogen and oxygen atoms in total. The fourth-order valence-corrected chi connectivity index (χ4v) is 6.67. The second-order valence-corrected chi connectivity index (χ2v) is 10.9. The van der Waals surface area contributed by atoms with Gasteiger partial charge >= 0.3 is 11.9 Å². The maximum atomic E-state index is 13.0. The number of rotatable bonds is 6. The zero-order valence-electron chi connectivity index (χ0n) is 18.0. The molecule has 5 aliphatic rings. The first-order chi connectivity index (χ1) is 13.3. The lowest BCUT2D eigenvalue weighted by Gasteiger charge is -2.53. The molecule has 0 aromatic heterocycles. The van der Waals surface area contributed by atoms with E-state index < -0.39 is 5.41 Å². The third-order valence-electron chi connectivity index (χ3n) is 8.47. The fraction of sp³-hybridized carbons (Fsp3) is 0.917. The van der Waals surface area contributed by atoms with Crippen LogP contribution in [0, 0.1) is 29.1 Å². The van der Waals surface area contributed by atoms with Gasteiger partial charge in [-0.05, 0) is 102 Å². The molecule has 0 spiro atoms. The molecule has 4 heteroatoms. The summed E-state index contributed by atoms with van der Waals surface area (Å²) in [7, 11) is 0. The monoisotopic (exact) mass is 390 g/mol. The van der Waals surface area contributed by atoms with E-state index in [2.05, 4.69) is 0 Å². The summed E-state index contributed by atoms with van der Waals surface area (Å²) in [4.78, 5) is 25.9. The molecule has 0 aromatic carbocycles. The van der Waals surface area contributed by atoms with Crippen molar-refractivity contribution < 1.29 is 19.1 Å². The molecular formula is C24H38O4. The van der Waals surface area contributed by atoms with Crippen LogP contribution in [0.25, 0.3) is 0 Å². The molecule has 1 unspecified atom stereocenters. The zero-order valence-corrected chi connectivity index (χ0v) is 18.0. The molecule has 5 aliphatic carbocycles. The molecule has 0 radical (unpaired) electrons. The first kappa shape index (κ1) is 20.2. The van der Waals surface area contributed by atoms with Crippen molar-refractivity contribution in [1.82, 2.24) is 0 Å². The van der Waals surface area contributed by atoms with Crippen LogP contribution in [0.3, 0.4) is 0 Å². The second kappa shape index (κ2) is 7.65. The standard InChI is InChI=1S/C24H38O4/c1-4-23(2,22(26)28-24(3)8-6-5-7-9-24)15-20(25)27-21-18-11-16-10-17(13-18)14-19(21)12-16/h16-19,21H,4-15H2,1-3H3. The Morgan fingerprint density at radius 2 is 1.54 bits per heavy atom. The van der Waals surface area contributed by atoms with Crippen LogP contribution in [-0.4, -0.2) is 23.6 Å². The van der Waals surface area contributed by atoms with Gasteiger partial charge in [-0.1, -0.05) is 13.3 Å². The van der Waals surface area contributed by atoms with Crippen LogP contribution in [0.4, 0.5) is 0 Å². The highest BCUT2D eigenvalue weighted by molar-refractivity contribution is 5.83. The molecule has 1 atom stereocenters. The number of carbonyl (C=O) groups excluding carboxylic acids is 2. The molecule has 5 saturated carbocycles. The predicted octanol–water partition coefficient (Wildman–Crippen LogP) is 5.43. The van der Waals surface area contributed by atoms with E-state index in [1.54, 1.807) is 0 Å².